The Hall–Kier alpha value is -2.40. The van der Waals surface area contributed by atoms with Crippen LogP contribution in [0.3, 0.4) is 0 Å². The van der Waals surface area contributed by atoms with Crippen molar-refractivity contribution in [2.45, 2.75) is 75.0 Å². The van der Waals surface area contributed by atoms with Crippen LogP contribution < -0.4 is 15.5 Å². The number of benzene rings is 1. The first kappa shape index (κ1) is 25.3. The molecule has 2 saturated carbocycles. The minimum absolute atomic E-state index is 0.0758. The van der Waals surface area contributed by atoms with Crippen molar-refractivity contribution < 1.29 is 18.6 Å². The van der Waals surface area contributed by atoms with Crippen molar-refractivity contribution >= 4 is 28.1 Å². The SMILES string of the molecule is C[C@H]1COCCN1c1cc(C(C)(C)S(O)(O)C2CC2)nc(-c2ccc(NC(=O)NC3CCC3)cc2)n1. The molecule has 36 heavy (non-hydrogen) atoms. The van der Waals surface area contributed by atoms with Crippen LogP contribution in [0.25, 0.3) is 11.4 Å². The summed E-state index contributed by atoms with van der Waals surface area (Å²) in [5.74, 6) is 1.28. The van der Waals surface area contributed by atoms with Crippen molar-refractivity contribution in [3.63, 3.8) is 0 Å². The molecule has 1 aromatic heterocycles. The zero-order valence-corrected chi connectivity index (χ0v) is 22.1. The molecule has 2 aliphatic carbocycles. The number of hydrogen-bond donors (Lipinski definition) is 4. The highest BCUT2D eigenvalue weighted by Gasteiger charge is 2.48. The third-order valence-electron chi connectivity index (χ3n) is 7.57. The van der Waals surface area contributed by atoms with Gasteiger partial charge in [-0.25, -0.2) is 14.8 Å². The van der Waals surface area contributed by atoms with Gasteiger partial charge in [-0.1, -0.05) is 0 Å². The van der Waals surface area contributed by atoms with E-state index in [0.29, 0.717) is 37.0 Å². The molecular weight excluding hydrogens is 478 g/mol. The number of ether oxygens (including phenoxy) is 1. The smallest absolute Gasteiger partial charge is 0.319 e. The molecule has 2 amide bonds. The van der Waals surface area contributed by atoms with E-state index in [1.807, 2.05) is 44.2 Å². The van der Waals surface area contributed by atoms with Crippen LogP contribution in [-0.2, 0) is 9.48 Å². The number of anilines is 2. The van der Waals surface area contributed by atoms with Gasteiger partial charge in [-0.05, 0) is 77.1 Å². The zero-order chi connectivity index (χ0) is 25.5. The topological polar surface area (TPSA) is 120 Å². The monoisotopic (exact) mass is 515 g/mol. The maximum Gasteiger partial charge on any atom is 0.319 e. The standard InChI is InChI=1S/C26H37N5O4S/c1-17-16-35-14-13-31(17)23-15-22(26(2,3)36(33,34)21-11-12-21)29-24(30-23)18-7-9-20(10-8-18)28-25(32)27-19-5-4-6-19/h7-10,15,17,19,21,33-34H,4-6,11-14,16H2,1-3H3,(H2,27,28,32)/t17-/m0/s1. The Kier molecular flexibility index (Phi) is 6.88. The number of aromatic nitrogens is 2. The lowest BCUT2D eigenvalue weighted by Crippen LogP contribution is -2.44. The van der Waals surface area contributed by atoms with E-state index >= 15 is 0 Å². The van der Waals surface area contributed by atoms with Crippen LogP contribution in [0.4, 0.5) is 16.3 Å². The third kappa shape index (κ3) is 5.04. The highest BCUT2D eigenvalue weighted by atomic mass is 32.3. The normalized spacial score (nSPS) is 21.6. The summed E-state index contributed by atoms with van der Waals surface area (Å²) in [4.78, 5) is 24.2. The summed E-state index contributed by atoms with van der Waals surface area (Å²) >= 11 is 0. The fraction of sp³-hybridized carbons (Fsp3) is 0.577. The number of nitrogens with zero attached hydrogens (tertiary/aromatic N) is 3. The van der Waals surface area contributed by atoms with Gasteiger partial charge in [0.05, 0.1) is 29.7 Å². The predicted molar refractivity (Wildman–Crippen MR) is 144 cm³/mol. The first-order chi connectivity index (χ1) is 17.1. The fourth-order valence-electron chi connectivity index (χ4n) is 4.66. The number of amides is 2. The number of carbonyl (C=O) groups is 1. The molecule has 10 heteroatoms. The third-order valence-corrected chi connectivity index (χ3v) is 10.7. The lowest BCUT2D eigenvalue weighted by atomic mass is 9.93. The first-order valence-electron chi connectivity index (χ1n) is 12.8. The first-order valence-corrected chi connectivity index (χ1v) is 14.4. The van der Waals surface area contributed by atoms with Gasteiger partial charge in [0.15, 0.2) is 5.82 Å². The molecule has 1 saturated heterocycles. The zero-order valence-electron chi connectivity index (χ0n) is 21.2. The summed E-state index contributed by atoms with van der Waals surface area (Å²) in [6.45, 7) is 7.76. The van der Waals surface area contributed by atoms with E-state index in [0.717, 1.165) is 43.5 Å². The molecule has 3 fully saturated rings. The van der Waals surface area contributed by atoms with Gasteiger partial charge in [0.1, 0.15) is 5.82 Å². The molecule has 2 aromatic rings. The van der Waals surface area contributed by atoms with Gasteiger partial charge in [0.2, 0.25) is 0 Å². The van der Waals surface area contributed by atoms with E-state index < -0.39 is 15.3 Å². The minimum atomic E-state index is -2.89. The van der Waals surface area contributed by atoms with Gasteiger partial charge in [0, 0.05) is 35.2 Å². The molecule has 5 rings (SSSR count). The predicted octanol–water partition coefficient (Wildman–Crippen LogP) is 5.19. The maximum absolute atomic E-state index is 12.2. The second kappa shape index (κ2) is 9.81. The van der Waals surface area contributed by atoms with Gasteiger partial charge in [-0.2, -0.15) is 10.6 Å². The molecule has 0 radical (unpaired) electrons. The Balaban J connectivity index is 1.45. The molecule has 1 aromatic carbocycles. The van der Waals surface area contributed by atoms with E-state index in [1.165, 1.54) is 0 Å². The summed E-state index contributed by atoms with van der Waals surface area (Å²) in [6, 6.07) is 9.57. The second-order valence-electron chi connectivity index (χ2n) is 10.7. The van der Waals surface area contributed by atoms with E-state index in [4.69, 9.17) is 14.7 Å². The van der Waals surface area contributed by atoms with E-state index in [9.17, 15) is 13.9 Å². The van der Waals surface area contributed by atoms with Crippen LogP contribution >= 0.6 is 10.6 Å². The van der Waals surface area contributed by atoms with E-state index in [1.54, 1.807) is 0 Å². The molecule has 3 aliphatic rings. The lowest BCUT2D eigenvalue weighted by molar-refractivity contribution is 0.0985. The Labute approximate surface area is 214 Å². The quantitative estimate of drug-likeness (QED) is 0.400. The molecular formula is C26H37N5O4S. The number of nitrogens with one attached hydrogen (secondary N) is 2. The van der Waals surface area contributed by atoms with Gasteiger partial charge < -0.3 is 20.3 Å². The van der Waals surface area contributed by atoms with Crippen LogP contribution in [0, 0.1) is 0 Å². The molecule has 0 spiro atoms. The van der Waals surface area contributed by atoms with Crippen LogP contribution in [0.5, 0.6) is 0 Å². The van der Waals surface area contributed by atoms with Crippen LogP contribution in [0.2, 0.25) is 0 Å². The molecule has 4 N–H and O–H groups in total. The average molecular weight is 516 g/mol. The van der Waals surface area contributed by atoms with Crippen molar-refractivity contribution in [3.05, 3.63) is 36.0 Å². The summed E-state index contributed by atoms with van der Waals surface area (Å²) in [5.41, 5.74) is 2.11. The number of morpholine rings is 1. The minimum Gasteiger partial charge on any atom is -0.377 e. The molecule has 0 unspecified atom stereocenters. The number of rotatable bonds is 7. The van der Waals surface area contributed by atoms with Crippen molar-refractivity contribution in [3.8, 4) is 11.4 Å². The summed E-state index contributed by atoms with van der Waals surface area (Å²) in [6.07, 6.45) is 4.90. The number of hydrogen-bond acceptors (Lipinski definition) is 7. The van der Waals surface area contributed by atoms with Gasteiger partial charge in [-0.15, -0.1) is 0 Å². The molecule has 9 nitrogen and oxygen atoms in total. The molecule has 196 valence electrons. The maximum atomic E-state index is 12.2. The molecule has 2 heterocycles. The van der Waals surface area contributed by atoms with Gasteiger partial charge in [0.25, 0.3) is 0 Å². The average Bonchev–Trinajstić information content (AvgIpc) is 3.68. The molecule has 1 atom stereocenters. The van der Waals surface area contributed by atoms with E-state index in [-0.39, 0.29) is 23.4 Å². The van der Waals surface area contributed by atoms with Crippen molar-refractivity contribution in [1.29, 1.82) is 0 Å². The highest BCUT2D eigenvalue weighted by Crippen LogP contribution is 2.67. The fourth-order valence-corrected chi connectivity index (χ4v) is 6.70. The molecule has 1 aliphatic heterocycles. The summed E-state index contributed by atoms with van der Waals surface area (Å²) in [5, 5.41) is 5.79. The van der Waals surface area contributed by atoms with Crippen LogP contribution in [0.1, 0.15) is 58.6 Å². The van der Waals surface area contributed by atoms with Crippen LogP contribution in [-0.4, -0.2) is 62.2 Å². The Morgan fingerprint density at radius 3 is 2.47 bits per heavy atom. The van der Waals surface area contributed by atoms with Crippen molar-refractivity contribution in [1.82, 2.24) is 15.3 Å². The van der Waals surface area contributed by atoms with E-state index in [2.05, 4.69) is 22.5 Å². The Morgan fingerprint density at radius 2 is 1.86 bits per heavy atom. The Bertz CT molecular complexity index is 1100. The van der Waals surface area contributed by atoms with Crippen molar-refractivity contribution in [2.75, 3.05) is 30.0 Å². The highest BCUT2D eigenvalue weighted by molar-refractivity contribution is 8.25. The molecule has 0 bridgehead atoms. The lowest BCUT2D eigenvalue weighted by Gasteiger charge is -2.47. The van der Waals surface area contributed by atoms with Crippen molar-refractivity contribution in [2.24, 2.45) is 0 Å². The van der Waals surface area contributed by atoms with Gasteiger partial charge in [-0.3, -0.25) is 9.11 Å². The number of carbonyl (C=O) groups excluding carboxylic acids is 1. The summed E-state index contributed by atoms with van der Waals surface area (Å²) < 4.78 is 27.0. The summed E-state index contributed by atoms with van der Waals surface area (Å²) in [7, 11) is -2.89. The Morgan fingerprint density at radius 1 is 1.14 bits per heavy atom. The largest absolute Gasteiger partial charge is 0.377 e. The van der Waals surface area contributed by atoms with Crippen LogP contribution in [0.15, 0.2) is 30.3 Å². The van der Waals surface area contributed by atoms with Gasteiger partial charge >= 0.3 is 6.03 Å². The second-order valence-corrected chi connectivity index (χ2v) is 13.5. The number of urea groups is 1.